The summed E-state index contributed by atoms with van der Waals surface area (Å²) in [6.45, 7) is 1.27. The van der Waals surface area contributed by atoms with Crippen LogP contribution in [-0.4, -0.2) is 53.3 Å². The number of aromatic nitrogens is 1. The van der Waals surface area contributed by atoms with Gasteiger partial charge in [-0.15, -0.1) is 0 Å². The van der Waals surface area contributed by atoms with Gasteiger partial charge in [0.25, 0.3) is 5.91 Å². The molecule has 2 heterocycles. The quantitative estimate of drug-likeness (QED) is 0.872. The summed E-state index contributed by atoms with van der Waals surface area (Å²) in [7, 11) is 0. The molecular formula is C11H13BrN2O3. The van der Waals surface area contributed by atoms with Gasteiger partial charge in [0.1, 0.15) is 5.69 Å². The third-order valence-corrected chi connectivity index (χ3v) is 3.11. The molecule has 1 atom stereocenters. The van der Waals surface area contributed by atoms with Crippen LogP contribution in [0.25, 0.3) is 0 Å². The fourth-order valence-electron chi connectivity index (χ4n) is 1.72. The van der Waals surface area contributed by atoms with E-state index in [0.29, 0.717) is 25.5 Å². The molecule has 0 aliphatic carbocycles. The van der Waals surface area contributed by atoms with Crippen LogP contribution in [0.5, 0.6) is 0 Å². The first-order valence-corrected chi connectivity index (χ1v) is 6.13. The molecule has 5 nitrogen and oxygen atoms in total. The minimum absolute atomic E-state index is 0.0950. The molecule has 1 N–H and O–H groups in total. The lowest BCUT2D eigenvalue weighted by Gasteiger charge is -2.34. The first kappa shape index (κ1) is 12.5. The summed E-state index contributed by atoms with van der Waals surface area (Å²) >= 11 is 3.27. The second-order valence-electron chi connectivity index (χ2n) is 3.77. The molecule has 2 rings (SSSR count). The molecule has 1 fully saturated rings. The molecule has 0 saturated carbocycles. The van der Waals surface area contributed by atoms with Crippen molar-refractivity contribution in [2.45, 2.75) is 6.04 Å². The van der Waals surface area contributed by atoms with Crippen molar-refractivity contribution in [1.82, 2.24) is 9.88 Å². The lowest BCUT2D eigenvalue weighted by molar-refractivity contribution is -0.0186. The number of amides is 1. The van der Waals surface area contributed by atoms with Crippen molar-refractivity contribution >= 4 is 21.8 Å². The van der Waals surface area contributed by atoms with Crippen LogP contribution in [-0.2, 0) is 4.74 Å². The van der Waals surface area contributed by atoms with Crippen molar-refractivity contribution < 1.29 is 14.6 Å². The molecule has 6 heteroatoms. The van der Waals surface area contributed by atoms with Gasteiger partial charge in [0.15, 0.2) is 0 Å². The fraction of sp³-hybridized carbons (Fsp3) is 0.455. The molecule has 0 bridgehead atoms. The number of pyridine rings is 1. The normalized spacial score (nSPS) is 20.4. The first-order valence-electron chi connectivity index (χ1n) is 5.33. The third-order valence-electron chi connectivity index (χ3n) is 2.65. The van der Waals surface area contributed by atoms with Gasteiger partial charge in [-0.25, -0.2) is 4.98 Å². The van der Waals surface area contributed by atoms with Gasteiger partial charge < -0.3 is 14.7 Å². The van der Waals surface area contributed by atoms with Crippen LogP contribution < -0.4 is 0 Å². The summed E-state index contributed by atoms with van der Waals surface area (Å²) in [6, 6.07) is 3.16. The van der Waals surface area contributed by atoms with Gasteiger partial charge >= 0.3 is 0 Å². The largest absolute Gasteiger partial charge is 0.394 e. The third kappa shape index (κ3) is 2.83. The number of nitrogens with zero attached hydrogens (tertiary/aromatic N) is 2. The fourth-order valence-corrected chi connectivity index (χ4v) is 1.96. The Kier molecular flexibility index (Phi) is 4.09. The molecule has 17 heavy (non-hydrogen) atoms. The number of ether oxygens (including phenoxy) is 1. The van der Waals surface area contributed by atoms with E-state index in [2.05, 4.69) is 20.9 Å². The average Bonchev–Trinajstić information content (AvgIpc) is 2.39. The van der Waals surface area contributed by atoms with Crippen molar-refractivity contribution in [3.8, 4) is 0 Å². The maximum Gasteiger partial charge on any atom is 0.272 e. The Bertz CT molecular complexity index is 396. The second-order valence-corrected chi connectivity index (χ2v) is 4.69. The van der Waals surface area contributed by atoms with E-state index < -0.39 is 0 Å². The topological polar surface area (TPSA) is 62.7 Å². The maximum atomic E-state index is 12.2. The van der Waals surface area contributed by atoms with Crippen LogP contribution in [0, 0.1) is 0 Å². The van der Waals surface area contributed by atoms with E-state index in [1.54, 1.807) is 23.2 Å². The Hall–Kier alpha value is -0.980. The number of halogens is 1. The summed E-state index contributed by atoms with van der Waals surface area (Å²) < 4.78 is 6.06. The molecule has 0 spiro atoms. The van der Waals surface area contributed by atoms with Gasteiger partial charge in [0.2, 0.25) is 0 Å². The van der Waals surface area contributed by atoms with E-state index in [4.69, 9.17) is 4.74 Å². The minimum atomic E-state index is -0.276. The minimum Gasteiger partial charge on any atom is -0.394 e. The average molecular weight is 301 g/mol. The lowest BCUT2D eigenvalue weighted by atomic mass is 10.2. The summed E-state index contributed by atoms with van der Waals surface area (Å²) in [5.74, 6) is -0.167. The Balaban J connectivity index is 2.15. The van der Waals surface area contributed by atoms with Gasteiger partial charge in [-0.2, -0.15) is 0 Å². The van der Waals surface area contributed by atoms with E-state index in [1.807, 2.05) is 0 Å². The van der Waals surface area contributed by atoms with Crippen LogP contribution in [0.1, 0.15) is 10.5 Å². The highest BCUT2D eigenvalue weighted by Gasteiger charge is 2.28. The monoisotopic (exact) mass is 300 g/mol. The molecule has 1 amide bonds. The smallest absolute Gasteiger partial charge is 0.272 e. The number of carbonyl (C=O) groups is 1. The van der Waals surface area contributed by atoms with Gasteiger partial charge in [-0.1, -0.05) is 0 Å². The highest BCUT2D eigenvalue weighted by molar-refractivity contribution is 9.10. The second kappa shape index (κ2) is 5.57. The van der Waals surface area contributed by atoms with Crippen molar-refractivity contribution in [2.75, 3.05) is 26.4 Å². The SMILES string of the molecule is O=C(c1ccc(Br)cn1)N1CCOCC1CO. The Morgan fingerprint density at radius 2 is 2.47 bits per heavy atom. The maximum absolute atomic E-state index is 12.2. The molecule has 1 aliphatic heterocycles. The number of rotatable bonds is 2. The van der Waals surface area contributed by atoms with E-state index in [9.17, 15) is 9.90 Å². The molecule has 1 unspecified atom stereocenters. The lowest BCUT2D eigenvalue weighted by Crippen LogP contribution is -2.50. The molecule has 1 aromatic rings. The molecular weight excluding hydrogens is 288 g/mol. The molecule has 92 valence electrons. The van der Waals surface area contributed by atoms with Gasteiger partial charge in [0, 0.05) is 17.2 Å². The van der Waals surface area contributed by atoms with E-state index >= 15 is 0 Å². The molecule has 0 aromatic carbocycles. The van der Waals surface area contributed by atoms with Crippen LogP contribution in [0.3, 0.4) is 0 Å². The van der Waals surface area contributed by atoms with Crippen LogP contribution >= 0.6 is 15.9 Å². The summed E-state index contributed by atoms with van der Waals surface area (Å²) in [4.78, 5) is 17.8. The number of hydrogen-bond donors (Lipinski definition) is 1. The predicted octanol–water partition coefficient (Wildman–Crippen LogP) is 0.677. The van der Waals surface area contributed by atoms with Crippen molar-refractivity contribution in [3.63, 3.8) is 0 Å². The number of aliphatic hydroxyl groups is 1. The summed E-state index contributed by atoms with van der Waals surface area (Å²) in [5.41, 5.74) is 0.383. The standard InChI is InChI=1S/C11H13BrN2O3/c12-8-1-2-10(13-5-8)11(16)14-3-4-17-7-9(14)6-15/h1-2,5,9,15H,3-4,6-7H2. The number of hydrogen-bond acceptors (Lipinski definition) is 4. The summed E-state index contributed by atoms with van der Waals surface area (Å²) in [5, 5.41) is 9.20. The van der Waals surface area contributed by atoms with Crippen LogP contribution in [0.4, 0.5) is 0 Å². The van der Waals surface area contributed by atoms with Crippen molar-refractivity contribution in [2.24, 2.45) is 0 Å². The highest BCUT2D eigenvalue weighted by atomic mass is 79.9. The van der Waals surface area contributed by atoms with E-state index in [0.717, 1.165) is 4.47 Å². The Morgan fingerprint density at radius 1 is 1.65 bits per heavy atom. The molecule has 0 radical (unpaired) electrons. The Morgan fingerprint density at radius 3 is 3.12 bits per heavy atom. The number of morpholine rings is 1. The van der Waals surface area contributed by atoms with E-state index in [-0.39, 0.29) is 18.6 Å². The predicted molar refractivity (Wildman–Crippen MR) is 64.7 cm³/mol. The van der Waals surface area contributed by atoms with Crippen LogP contribution in [0.15, 0.2) is 22.8 Å². The number of aliphatic hydroxyl groups excluding tert-OH is 1. The van der Waals surface area contributed by atoms with Gasteiger partial charge in [0.05, 0.1) is 25.9 Å². The van der Waals surface area contributed by atoms with Crippen molar-refractivity contribution in [1.29, 1.82) is 0 Å². The van der Waals surface area contributed by atoms with Crippen molar-refractivity contribution in [3.05, 3.63) is 28.5 Å². The van der Waals surface area contributed by atoms with Crippen LogP contribution in [0.2, 0.25) is 0 Å². The summed E-state index contributed by atoms with van der Waals surface area (Å²) in [6.07, 6.45) is 1.58. The molecule has 1 aromatic heterocycles. The van der Waals surface area contributed by atoms with E-state index in [1.165, 1.54) is 0 Å². The zero-order valence-corrected chi connectivity index (χ0v) is 10.8. The number of carbonyl (C=O) groups excluding carboxylic acids is 1. The zero-order chi connectivity index (χ0) is 12.3. The highest BCUT2D eigenvalue weighted by Crippen LogP contribution is 2.13. The van der Waals surface area contributed by atoms with Gasteiger partial charge in [-0.05, 0) is 28.1 Å². The molecule has 1 aliphatic rings. The zero-order valence-electron chi connectivity index (χ0n) is 9.17. The van der Waals surface area contributed by atoms with Gasteiger partial charge in [-0.3, -0.25) is 4.79 Å². The molecule has 1 saturated heterocycles. The Labute approximate surface area is 108 Å². The first-order chi connectivity index (χ1) is 8.22.